The summed E-state index contributed by atoms with van der Waals surface area (Å²) < 4.78 is 5.24. The first-order chi connectivity index (χ1) is 12.6. The highest BCUT2D eigenvalue weighted by Gasteiger charge is 2.21. The smallest absolute Gasteiger partial charge is 0.407 e. The van der Waals surface area contributed by atoms with Crippen molar-refractivity contribution < 1.29 is 19.4 Å². The lowest BCUT2D eigenvalue weighted by molar-refractivity contribution is -0.137. The Morgan fingerprint density at radius 2 is 1.93 bits per heavy atom. The number of nitrogens with one attached hydrogen (secondary N) is 1. The minimum atomic E-state index is -0.959. The van der Waals surface area contributed by atoms with Gasteiger partial charge in [-0.3, -0.25) is 4.79 Å². The summed E-state index contributed by atoms with van der Waals surface area (Å²) in [6.45, 7) is 7.50. The number of amides is 1. The van der Waals surface area contributed by atoms with Gasteiger partial charge in [-0.15, -0.1) is 0 Å². The topological polar surface area (TPSA) is 75.6 Å². The number of rotatable bonds is 6. The van der Waals surface area contributed by atoms with E-state index < -0.39 is 23.7 Å². The molecule has 1 aliphatic rings. The third-order valence-electron chi connectivity index (χ3n) is 4.23. The number of carbonyl (C=O) groups is 2. The van der Waals surface area contributed by atoms with Crippen molar-refractivity contribution in [3.8, 4) is 0 Å². The molecule has 0 saturated heterocycles. The molecule has 0 aliphatic heterocycles. The monoisotopic (exact) mass is 371 g/mol. The number of hydrogen-bond acceptors (Lipinski definition) is 3. The molecule has 2 atom stereocenters. The third kappa shape index (κ3) is 7.29. The molecular weight excluding hydrogens is 342 g/mol. The van der Waals surface area contributed by atoms with Crippen molar-refractivity contribution >= 4 is 17.6 Å². The van der Waals surface area contributed by atoms with Gasteiger partial charge in [-0.1, -0.05) is 49.4 Å². The van der Waals surface area contributed by atoms with E-state index in [1.165, 1.54) is 5.57 Å². The average Bonchev–Trinajstić information content (AvgIpc) is 2.54. The zero-order valence-corrected chi connectivity index (χ0v) is 16.5. The lowest BCUT2D eigenvalue weighted by Gasteiger charge is -2.23. The first-order valence-electron chi connectivity index (χ1n) is 9.31. The predicted octanol–water partition coefficient (Wildman–Crippen LogP) is 4.58. The fraction of sp³-hybridized carbons (Fsp3) is 0.455. The highest BCUT2D eigenvalue weighted by Crippen LogP contribution is 2.24. The molecule has 1 aliphatic carbocycles. The molecule has 1 aromatic rings. The first kappa shape index (κ1) is 20.7. The van der Waals surface area contributed by atoms with Crippen molar-refractivity contribution in [1.29, 1.82) is 0 Å². The molecule has 0 aromatic heterocycles. The van der Waals surface area contributed by atoms with Crippen LogP contribution in [-0.4, -0.2) is 28.8 Å². The summed E-state index contributed by atoms with van der Waals surface area (Å²) in [4.78, 5) is 23.1. The molecule has 2 rings (SSSR count). The quantitative estimate of drug-likeness (QED) is 0.768. The van der Waals surface area contributed by atoms with Gasteiger partial charge in [-0.25, -0.2) is 4.79 Å². The Hall–Kier alpha value is -2.56. The Labute approximate surface area is 161 Å². The van der Waals surface area contributed by atoms with Crippen LogP contribution in [0.3, 0.4) is 0 Å². The van der Waals surface area contributed by atoms with Gasteiger partial charge in [0.15, 0.2) is 0 Å². The van der Waals surface area contributed by atoms with E-state index in [2.05, 4.69) is 30.5 Å². The number of carboxylic acids is 1. The molecule has 5 nitrogen and oxygen atoms in total. The second-order valence-corrected chi connectivity index (χ2v) is 8.07. The van der Waals surface area contributed by atoms with Crippen molar-refractivity contribution in [3.63, 3.8) is 0 Å². The van der Waals surface area contributed by atoms with Gasteiger partial charge in [-0.2, -0.15) is 0 Å². The zero-order chi connectivity index (χ0) is 20.0. The number of ether oxygens (including phenoxy) is 1. The number of hydrogen-bond donors (Lipinski definition) is 2. The molecule has 1 amide bonds. The zero-order valence-electron chi connectivity index (χ0n) is 16.5. The van der Waals surface area contributed by atoms with E-state index in [0.29, 0.717) is 12.3 Å². The van der Waals surface area contributed by atoms with E-state index in [4.69, 9.17) is 9.84 Å². The highest BCUT2D eigenvalue weighted by molar-refractivity contribution is 5.75. The molecule has 0 spiro atoms. The maximum absolute atomic E-state index is 12.0. The van der Waals surface area contributed by atoms with Gasteiger partial charge in [0.05, 0.1) is 6.42 Å². The Bertz CT molecular complexity index is 726. The first-order valence-corrected chi connectivity index (χ1v) is 9.31. The fourth-order valence-electron chi connectivity index (χ4n) is 2.92. The highest BCUT2D eigenvalue weighted by atomic mass is 16.6. The normalized spacial score (nSPS) is 17.8. The average molecular weight is 371 g/mol. The Balaban J connectivity index is 2.03. The molecule has 0 fully saturated rings. The van der Waals surface area contributed by atoms with Crippen molar-refractivity contribution in [3.05, 3.63) is 53.6 Å². The van der Waals surface area contributed by atoms with Crippen molar-refractivity contribution in [2.24, 2.45) is 5.92 Å². The van der Waals surface area contributed by atoms with Crippen LogP contribution in [0, 0.1) is 5.92 Å². The Kier molecular flexibility index (Phi) is 6.83. The summed E-state index contributed by atoms with van der Waals surface area (Å²) in [5, 5.41) is 11.8. The maximum atomic E-state index is 12.0. The number of alkyl carbamates (subject to hydrolysis) is 1. The number of benzene rings is 1. The molecule has 27 heavy (non-hydrogen) atoms. The summed E-state index contributed by atoms with van der Waals surface area (Å²) in [6.07, 6.45) is 7.28. The summed E-state index contributed by atoms with van der Waals surface area (Å²) in [7, 11) is 0. The fourth-order valence-corrected chi connectivity index (χ4v) is 2.92. The number of carbonyl (C=O) groups excluding carboxylic acids is 1. The molecule has 0 bridgehead atoms. The van der Waals surface area contributed by atoms with Gasteiger partial charge in [0.25, 0.3) is 0 Å². The molecule has 1 aromatic carbocycles. The van der Waals surface area contributed by atoms with Crippen LogP contribution in [0.15, 0.2) is 42.5 Å². The van der Waals surface area contributed by atoms with E-state index in [1.807, 2.05) is 24.3 Å². The molecule has 2 unspecified atom stereocenters. The molecule has 146 valence electrons. The lowest BCUT2D eigenvalue weighted by atomic mass is 9.93. The van der Waals surface area contributed by atoms with Gasteiger partial charge in [0.1, 0.15) is 5.60 Å². The lowest BCUT2D eigenvalue weighted by Crippen LogP contribution is -2.41. The van der Waals surface area contributed by atoms with Crippen molar-refractivity contribution in [2.45, 2.75) is 58.6 Å². The van der Waals surface area contributed by atoms with Crippen LogP contribution >= 0.6 is 0 Å². The van der Waals surface area contributed by atoms with Crippen LogP contribution in [0.5, 0.6) is 0 Å². The maximum Gasteiger partial charge on any atom is 0.407 e. The van der Waals surface area contributed by atoms with E-state index in [9.17, 15) is 9.59 Å². The predicted molar refractivity (Wildman–Crippen MR) is 106 cm³/mol. The summed E-state index contributed by atoms with van der Waals surface area (Å²) in [6, 6.07) is 7.50. The summed E-state index contributed by atoms with van der Waals surface area (Å²) in [5.41, 5.74) is 2.68. The SMILES string of the molecule is CC1C=CC(c2ccc(CC(CC(=O)O)NC(=O)OC(C)(C)C)cc2)=CC1. The number of carboxylic acid groups (broad SMARTS) is 1. The van der Waals surface area contributed by atoms with Crippen molar-refractivity contribution in [1.82, 2.24) is 5.32 Å². The molecule has 5 heteroatoms. The van der Waals surface area contributed by atoms with Crippen LogP contribution in [0.1, 0.15) is 51.7 Å². The van der Waals surface area contributed by atoms with E-state index >= 15 is 0 Å². The minimum Gasteiger partial charge on any atom is -0.481 e. The molecular formula is C22H29NO4. The van der Waals surface area contributed by atoms with E-state index in [0.717, 1.165) is 17.5 Å². The molecule has 0 saturated carbocycles. The van der Waals surface area contributed by atoms with E-state index in [1.54, 1.807) is 20.8 Å². The number of aliphatic carboxylic acids is 1. The van der Waals surface area contributed by atoms with Gasteiger partial charge in [0, 0.05) is 6.04 Å². The summed E-state index contributed by atoms with van der Waals surface area (Å²) in [5.74, 6) is -0.386. The van der Waals surface area contributed by atoms with Crippen LogP contribution in [0.4, 0.5) is 4.79 Å². The van der Waals surface area contributed by atoms with Gasteiger partial charge >= 0.3 is 12.1 Å². The van der Waals surface area contributed by atoms with E-state index in [-0.39, 0.29) is 6.42 Å². The molecule has 2 N–H and O–H groups in total. The Morgan fingerprint density at radius 3 is 2.44 bits per heavy atom. The largest absolute Gasteiger partial charge is 0.481 e. The Morgan fingerprint density at radius 1 is 1.26 bits per heavy atom. The standard InChI is InChI=1S/C22H29NO4/c1-15-5-9-17(10-6-15)18-11-7-16(8-12-18)13-19(14-20(24)25)23-21(26)27-22(2,3)4/h5,7-12,15,19H,6,13-14H2,1-4H3,(H,23,26)(H,24,25). The molecule has 0 radical (unpaired) electrons. The second kappa shape index (κ2) is 8.89. The minimum absolute atomic E-state index is 0.160. The van der Waals surface area contributed by atoms with Crippen LogP contribution < -0.4 is 5.32 Å². The van der Waals surface area contributed by atoms with Crippen LogP contribution in [0.2, 0.25) is 0 Å². The van der Waals surface area contributed by atoms with Gasteiger partial charge < -0.3 is 15.2 Å². The summed E-state index contributed by atoms with van der Waals surface area (Å²) >= 11 is 0. The second-order valence-electron chi connectivity index (χ2n) is 8.07. The van der Waals surface area contributed by atoms with Crippen LogP contribution in [-0.2, 0) is 16.0 Å². The molecule has 0 heterocycles. The third-order valence-corrected chi connectivity index (χ3v) is 4.23. The van der Waals surface area contributed by atoms with Crippen LogP contribution in [0.25, 0.3) is 5.57 Å². The van der Waals surface area contributed by atoms with Crippen molar-refractivity contribution in [2.75, 3.05) is 0 Å². The van der Waals surface area contributed by atoms with Gasteiger partial charge in [0.2, 0.25) is 0 Å². The van der Waals surface area contributed by atoms with Gasteiger partial charge in [-0.05, 0) is 56.2 Å². The number of allylic oxidation sites excluding steroid dienone is 4.